The number of hydrogen-bond acceptors (Lipinski definition) is 3. The topological polar surface area (TPSA) is 27.7 Å². The predicted octanol–water partition coefficient (Wildman–Crippen LogP) is 5.11. The Balaban J connectivity index is 1.98. The Morgan fingerprint density at radius 1 is 0.833 bits per heavy atom. The Labute approximate surface area is 146 Å². The van der Waals surface area contributed by atoms with Crippen molar-refractivity contribution in [2.45, 2.75) is 39.1 Å². The highest BCUT2D eigenvalue weighted by atomic mass is 28.4. The minimum absolute atomic E-state index is 0.453. The van der Waals surface area contributed by atoms with E-state index in [1.54, 1.807) is 0 Å². The molecule has 0 saturated heterocycles. The van der Waals surface area contributed by atoms with Gasteiger partial charge in [-0.15, -0.1) is 0 Å². The van der Waals surface area contributed by atoms with Gasteiger partial charge in [-0.3, -0.25) is 0 Å². The van der Waals surface area contributed by atoms with Crippen LogP contribution in [-0.2, 0) is 27.1 Å². The van der Waals surface area contributed by atoms with E-state index >= 15 is 0 Å². The van der Waals surface area contributed by atoms with Gasteiger partial charge in [0.1, 0.15) is 5.76 Å². The monoisotopic (exact) mass is 342 g/mol. The summed E-state index contributed by atoms with van der Waals surface area (Å²) in [6.07, 6.45) is -0.586. The van der Waals surface area contributed by atoms with Crippen molar-refractivity contribution in [3.05, 3.63) is 84.1 Å². The summed E-state index contributed by atoms with van der Waals surface area (Å²) >= 11 is 0. The number of ether oxygens (including phenoxy) is 2. The quantitative estimate of drug-likeness (QED) is 0.360. The molecule has 0 N–H and O–H groups in total. The number of benzene rings is 2. The summed E-state index contributed by atoms with van der Waals surface area (Å²) in [6.45, 7) is 11.3. The molecule has 0 aliphatic carbocycles. The summed E-state index contributed by atoms with van der Waals surface area (Å²) < 4.78 is 17.8. The maximum atomic E-state index is 5.97. The fourth-order valence-electron chi connectivity index (χ4n) is 2.17. The molecule has 3 nitrogen and oxygen atoms in total. The van der Waals surface area contributed by atoms with Crippen molar-refractivity contribution < 1.29 is 13.9 Å². The predicted molar refractivity (Wildman–Crippen MR) is 99.8 cm³/mol. The maximum Gasteiger partial charge on any atom is 0.241 e. The summed E-state index contributed by atoms with van der Waals surface area (Å²) in [4.78, 5) is 0. The Morgan fingerprint density at radius 2 is 1.25 bits per heavy atom. The van der Waals surface area contributed by atoms with Crippen LogP contribution in [0.2, 0.25) is 19.6 Å². The third-order valence-electron chi connectivity index (χ3n) is 3.19. The molecule has 0 unspecified atom stereocenters. The fraction of sp³-hybridized carbons (Fsp3) is 0.300. The molecule has 0 saturated carbocycles. The molecule has 0 aromatic heterocycles. The van der Waals surface area contributed by atoms with E-state index in [1.165, 1.54) is 0 Å². The van der Waals surface area contributed by atoms with Gasteiger partial charge in [-0.25, -0.2) is 0 Å². The first-order chi connectivity index (χ1) is 11.4. The van der Waals surface area contributed by atoms with Gasteiger partial charge >= 0.3 is 0 Å². The van der Waals surface area contributed by atoms with Crippen LogP contribution in [0.3, 0.4) is 0 Å². The summed E-state index contributed by atoms with van der Waals surface area (Å²) in [5.74, 6) is 0.543. The van der Waals surface area contributed by atoms with Crippen LogP contribution in [0.1, 0.15) is 11.1 Å². The van der Waals surface area contributed by atoms with E-state index in [-0.39, 0.29) is 0 Å². The zero-order valence-corrected chi connectivity index (χ0v) is 15.7. The standard InChI is InChI=1S/C20H26O3Si/c1-17(23-24(2,3)4)20(21-15-18-11-7-5-8-12-18)22-16-19-13-9-6-10-14-19/h5-14,20H,1,15-16H2,2-4H3. The van der Waals surface area contributed by atoms with Crippen LogP contribution >= 0.6 is 0 Å². The van der Waals surface area contributed by atoms with Gasteiger partial charge in [0.05, 0.1) is 13.2 Å². The summed E-state index contributed by atoms with van der Waals surface area (Å²) in [5.41, 5.74) is 2.18. The summed E-state index contributed by atoms with van der Waals surface area (Å²) in [6, 6.07) is 20.0. The molecular formula is C20H26O3Si. The average molecular weight is 343 g/mol. The second kappa shape index (κ2) is 8.83. The minimum Gasteiger partial charge on any atom is -0.544 e. The van der Waals surface area contributed by atoms with Gasteiger partial charge in [0.15, 0.2) is 0 Å². The fourth-order valence-corrected chi connectivity index (χ4v) is 3.05. The second-order valence-corrected chi connectivity index (χ2v) is 11.0. The van der Waals surface area contributed by atoms with Crippen LogP contribution in [-0.4, -0.2) is 14.6 Å². The van der Waals surface area contributed by atoms with E-state index in [9.17, 15) is 0 Å². The van der Waals surface area contributed by atoms with E-state index in [4.69, 9.17) is 13.9 Å². The molecular weight excluding hydrogens is 316 g/mol. The van der Waals surface area contributed by atoms with Gasteiger partial charge in [-0.2, -0.15) is 0 Å². The van der Waals surface area contributed by atoms with Crippen LogP contribution in [0.5, 0.6) is 0 Å². The minimum atomic E-state index is -1.76. The van der Waals surface area contributed by atoms with Crippen molar-refractivity contribution in [3.8, 4) is 0 Å². The Hall–Kier alpha value is -1.88. The summed E-state index contributed by atoms with van der Waals surface area (Å²) in [5, 5.41) is 0. The van der Waals surface area contributed by atoms with Gasteiger partial charge in [0, 0.05) is 0 Å². The maximum absolute atomic E-state index is 5.97. The zero-order valence-electron chi connectivity index (χ0n) is 14.7. The lowest BCUT2D eigenvalue weighted by Crippen LogP contribution is -2.31. The lowest BCUT2D eigenvalue weighted by Gasteiger charge is -2.27. The molecule has 4 heteroatoms. The molecule has 24 heavy (non-hydrogen) atoms. The normalized spacial score (nSPS) is 11.5. The Bertz CT molecular complexity index is 577. The molecule has 0 spiro atoms. The van der Waals surface area contributed by atoms with Crippen molar-refractivity contribution in [1.82, 2.24) is 0 Å². The van der Waals surface area contributed by atoms with Crippen molar-refractivity contribution in [2.75, 3.05) is 0 Å². The first kappa shape index (κ1) is 18.5. The highest BCUT2D eigenvalue weighted by molar-refractivity contribution is 6.70. The summed E-state index contributed by atoms with van der Waals surface area (Å²) in [7, 11) is -1.76. The highest BCUT2D eigenvalue weighted by Crippen LogP contribution is 2.18. The smallest absolute Gasteiger partial charge is 0.241 e. The van der Waals surface area contributed by atoms with Crippen LogP contribution in [0, 0.1) is 0 Å². The van der Waals surface area contributed by atoms with Crippen LogP contribution in [0.4, 0.5) is 0 Å². The molecule has 128 valence electrons. The van der Waals surface area contributed by atoms with Crippen LogP contribution in [0.15, 0.2) is 73.0 Å². The molecule has 2 aromatic rings. The van der Waals surface area contributed by atoms with Gasteiger partial charge in [0.25, 0.3) is 0 Å². The third kappa shape index (κ3) is 6.70. The molecule has 0 aliphatic rings. The van der Waals surface area contributed by atoms with Crippen molar-refractivity contribution in [2.24, 2.45) is 0 Å². The first-order valence-electron chi connectivity index (χ1n) is 8.13. The van der Waals surface area contributed by atoms with E-state index in [2.05, 4.69) is 26.2 Å². The Morgan fingerprint density at radius 3 is 1.62 bits per heavy atom. The van der Waals surface area contributed by atoms with Gasteiger partial charge < -0.3 is 13.9 Å². The average Bonchev–Trinajstić information content (AvgIpc) is 2.55. The largest absolute Gasteiger partial charge is 0.544 e. The molecule has 2 aromatic carbocycles. The SMILES string of the molecule is C=C(O[Si](C)(C)C)C(OCc1ccccc1)OCc1ccccc1. The lowest BCUT2D eigenvalue weighted by molar-refractivity contribution is -0.148. The Kier molecular flexibility index (Phi) is 6.79. The van der Waals surface area contributed by atoms with E-state index in [1.807, 2.05) is 60.7 Å². The molecule has 0 atom stereocenters. The van der Waals surface area contributed by atoms with E-state index in [0.29, 0.717) is 19.0 Å². The molecule has 0 aliphatic heterocycles. The number of rotatable bonds is 9. The van der Waals surface area contributed by atoms with Crippen molar-refractivity contribution >= 4 is 8.32 Å². The lowest BCUT2D eigenvalue weighted by atomic mass is 10.2. The highest BCUT2D eigenvalue weighted by Gasteiger charge is 2.23. The molecule has 0 radical (unpaired) electrons. The van der Waals surface area contributed by atoms with Crippen LogP contribution in [0.25, 0.3) is 0 Å². The van der Waals surface area contributed by atoms with Gasteiger partial charge in [-0.05, 0) is 30.8 Å². The molecule has 2 rings (SSSR count). The molecule has 0 amide bonds. The van der Waals surface area contributed by atoms with E-state index < -0.39 is 14.6 Å². The molecule has 0 fully saturated rings. The zero-order chi connectivity index (χ0) is 17.4. The third-order valence-corrected chi connectivity index (χ3v) is 4.06. The molecule has 0 bridgehead atoms. The van der Waals surface area contributed by atoms with Crippen LogP contribution < -0.4 is 0 Å². The van der Waals surface area contributed by atoms with Gasteiger partial charge in [0.2, 0.25) is 14.6 Å². The molecule has 0 heterocycles. The van der Waals surface area contributed by atoms with Gasteiger partial charge in [-0.1, -0.05) is 67.2 Å². The van der Waals surface area contributed by atoms with Crippen molar-refractivity contribution in [3.63, 3.8) is 0 Å². The second-order valence-electron chi connectivity index (χ2n) is 6.61. The first-order valence-corrected chi connectivity index (χ1v) is 11.5. The number of hydrogen-bond donors (Lipinski definition) is 0. The van der Waals surface area contributed by atoms with Crippen molar-refractivity contribution in [1.29, 1.82) is 0 Å². The van der Waals surface area contributed by atoms with E-state index in [0.717, 1.165) is 11.1 Å².